The van der Waals surface area contributed by atoms with Crippen LogP contribution in [0, 0.1) is 0 Å². The van der Waals surface area contributed by atoms with Gasteiger partial charge >= 0.3 is 5.97 Å². The molecule has 0 saturated heterocycles. The first-order valence-electron chi connectivity index (χ1n) is 22.3. The van der Waals surface area contributed by atoms with Crippen molar-refractivity contribution in [3.8, 4) is 0 Å². The molecule has 4 amide bonds. The molecule has 0 unspecified atom stereocenters. The standard InChI is InChI=1S/C42H82N6O10/c43-36(21-17-19-25-45-38(50)23-15-13-11-9-7-5-3-1-2-4-6-8-10-12-14-16-24-40(52)53)41(54)47-26-20-18-22-37(44)42(55)48-28-31-57-33-34-58-35-39(51)46-27-30-56-32-29-49/h36-37,49H,1-35,43-44H2,(H,45,50)(H,46,51)(H,47,54)(H,48,55)(H,52,53)/t36-,37-/m0/s1. The maximum Gasteiger partial charge on any atom is 0.303 e. The Hall–Kier alpha value is -2.89. The highest BCUT2D eigenvalue weighted by Gasteiger charge is 2.14. The van der Waals surface area contributed by atoms with Crippen LogP contribution in [0.25, 0.3) is 0 Å². The van der Waals surface area contributed by atoms with E-state index in [0.29, 0.717) is 71.3 Å². The molecule has 0 rings (SSSR count). The van der Waals surface area contributed by atoms with Gasteiger partial charge in [0.15, 0.2) is 0 Å². The fourth-order valence-corrected chi connectivity index (χ4v) is 6.18. The van der Waals surface area contributed by atoms with Crippen LogP contribution in [0.5, 0.6) is 0 Å². The van der Waals surface area contributed by atoms with E-state index < -0.39 is 18.1 Å². The SMILES string of the molecule is N[C@@H](CCCCNC(=O)CCCCCCCCCCCCCCCCCCC(=O)O)C(=O)NCCCC[C@H](N)C(=O)NCCOCCOCC(=O)NCCOCCO. The maximum atomic E-state index is 12.3. The minimum Gasteiger partial charge on any atom is -0.481 e. The van der Waals surface area contributed by atoms with Crippen LogP contribution in [0.15, 0.2) is 0 Å². The molecule has 0 aromatic carbocycles. The molecular formula is C42H82N6O10. The second-order valence-corrected chi connectivity index (χ2v) is 15.0. The van der Waals surface area contributed by atoms with Crippen molar-refractivity contribution < 1.29 is 48.4 Å². The first-order chi connectivity index (χ1) is 28.2. The minimum atomic E-state index is -0.688. The van der Waals surface area contributed by atoms with Crippen LogP contribution in [0.1, 0.15) is 154 Å². The Morgan fingerprint density at radius 2 is 0.828 bits per heavy atom. The van der Waals surface area contributed by atoms with Gasteiger partial charge in [0.05, 0.1) is 51.7 Å². The molecule has 58 heavy (non-hydrogen) atoms. The number of nitrogens with one attached hydrogen (secondary N) is 4. The van der Waals surface area contributed by atoms with Crippen molar-refractivity contribution in [3.05, 3.63) is 0 Å². The van der Waals surface area contributed by atoms with E-state index in [9.17, 15) is 24.0 Å². The quantitative estimate of drug-likeness (QED) is 0.0410. The predicted molar refractivity (Wildman–Crippen MR) is 226 cm³/mol. The van der Waals surface area contributed by atoms with Crippen molar-refractivity contribution in [1.82, 2.24) is 21.3 Å². The van der Waals surface area contributed by atoms with E-state index in [4.69, 9.17) is 35.9 Å². The van der Waals surface area contributed by atoms with Crippen LogP contribution in [-0.2, 0) is 38.2 Å². The lowest BCUT2D eigenvalue weighted by Gasteiger charge is -2.14. The summed E-state index contributed by atoms with van der Waals surface area (Å²) < 4.78 is 15.7. The number of hydrogen-bond donors (Lipinski definition) is 8. The molecule has 16 nitrogen and oxygen atoms in total. The summed E-state index contributed by atoms with van der Waals surface area (Å²) in [6.45, 7) is 2.86. The summed E-state index contributed by atoms with van der Waals surface area (Å²) >= 11 is 0. The predicted octanol–water partition coefficient (Wildman–Crippen LogP) is 3.59. The van der Waals surface area contributed by atoms with Gasteiger partial charge in [0.1, 0.15) is 6.61 Å². The number of amides is 4. The monoisotopic (exact) mass is 831 g/mol. The Labute approximate surface area is 348 Å². The molecule has 0 bridgehead atoms. The lowest BCUT2D eigenvalue weighted by Crippen LogP contribution is -2.42. The summed E-state index contributed by atoms with van der Waals surface area (Å²) in [7, 11) is 0. The van der Waals surface area contributed by atoms with E-state index in [1.807, 2.05) is 0 Å². The van der Waals surface area contributed by atoms with Crippen molar-refractivity contribution in [2.75, 3.05) is 72.4 Å². The van der Waals surface area contributed by atoms with E-state index in [-0.39, 0.29) is 63.3 Å². The number of carbonyl (C=O) groups is 5. The second-order valence-electron chi connectivity index (χ2n) is 15.0. The zero-order chi connectivity index (χ0) is 42.7. The number of nitrogens with two attached hydrogens (primary N) is 2. The van der Waals surface area contributed by atoms with Crippen LogP contribution < -0.4 is 32.7 Å². The molecule has 0 aromatic rings. The average molecular weight is 831 g/mol. The lowest BCUT2D eigenvalue weighted by atomic mass is 10.0. The van der Waals surface area contributed by atoms with Crippen molar-refractivity contribution in [3.63, 3.8) is 0 Å². The number of rotatable bonds is 44. The third-order valence-electron chi connectivity index (χ3n) is 9.68. The Bertz CT molecular complexity index is 1030. The first-order valence-corrected chi connectivity index (χ1v) is 22.3. The highest BCUT2D eigenvalue weighted by molar-refractivity contribution is 5.82. The summed E-state index contributed by atoms with van der Waals surface area (Å²) in [5, 5.41) is 28.5. The number of carboxylic acids is 1. The van der Waals surface area contributed by atoms with Gasteiger partial charge in [-0.25, -0.2) is 0 Å². The number of carbonyl (C=O) groups excluding carboxylic acids is 4. The minimum absolute atomic E-state index is 0.0610. The number of aliphatic hydroxyl groups is 1. The average Bonchev–Trinajstić information content (AvgIpc) is 3.20. The van der Waals surface area contributed by atoms with Gasteiger partial charge in [-0.15, -0.1) is 0 Å². The molecule has 340 valence electrons. The van der Waals surface area contributed by atoms with E-state index in [1.54, 1.807) is 0 Å². The van der Waals surface area contributed by atoms with Gasteiger partial charge in [-0.3, -0.25) is 24.0 Å². The van der Waals surface area contributed by atoms with Gasteiger partial charge in [0, 0.05) is 39.0 Å². The van der Waals surface area contributed by atoms with Gasteiger partial charge in [0.25, 0.3) is 0 Å². The molecule has 0 radical (unpaired) electrons. The van der Waals surface area contributed by atoms with Gasteiger partial charge in [-0.1, -0.05) is 89.9 Å². The largest absolute Gasteiger partial charge is 0.481 e. The van der Waals surface area contributed by atoms with Crippen LogP contribution in [-0.4, -0.2) is 124 Å². The van der Waals surface area contributed by atoms with Gasteiger partial charge in [-0.05, 0) is 51.4 Å². The molecule has 0 saturated carbocycles. The van der Waals surface area contributed by atoms with Crippen molar-refractivity contribution in [1.29, 1.82) is 0 Å². The normalized spacial score (nSPS) is 12.2. The Balaban J connectivity index is 3.53. The molecule has 0 aliphatic carbocycles. The van der Waals surface area contributed by atoms with Crippen molar-refractivity contribution >= 4 is 29.6 Å². The summed E-state index contributed by atoms with van der Waals surface area (Å²) in [5.41, 5.74) is 12.0. The van der Waals surface area contributed by atoms with Crippen molar-refractivity contribution in [2.24, 2.45) is 11.5 Å². The van der Waals surface area contributed by atoms with E-state index in [2.05, 4.69) is 21.3 Å². The number of hydrogen-bond acceptors (Lipinski definition) is 11. The third-order valence-corrected chi connectivity index (χ3v) is 9.68. The van der Waals surface area contributed by atoms with Crippen LogP contribution in [0.3, 0.4) is 0 Å². The topological polar surface area (TPSA) is 254 Å². The third kappa shape index (κ3) is 39.9. The number of aliphatic hydroxyl groups excluding tert-OH is 1. The molecule has 0 aliphatic rings. The summed E-state index contributed by atoms with van der Waals surface area (Å²) in [6.07, 6.45) is 23.8. The zero-order valence-electron chi connectivity index (χ0n) is 35.7. The summed E-state index contributed by atoms with van der Waals surface area (Å²) in [4.78, 5) is 58.8. The number of carboxylic acid groups (broad SMARTS) is 1. The molecule has 0 spiro atoms. The number of aliphatic carboxylic acids is 1. The van der Waals surface area contributed by atoms with Crippen LogP contribution in [0.2, 0.25) is 0 Å². The first kappa shape index (κ1) is 55.1. The Kier molecular flexibility index (Phi) is 40.1. The Morgan fingerprint density at radius 1 is 0.431 bits per heavy atom. The Morgan fingerprint density at radius 3 is 1.33 bits per heavy atom. The molecule has 0 aromatic heterocycles. The highest BCUT2D eigenvalue weighted by Crippen LogP contribution is 2.14. The molecular weight excluding hydrogens is 748 g/mol. The van der Waals surface area contributed by atoms with Crippen LogP contribution in [0.4, 0.5) is 0 Å². The fraction of sp³-hybridized carbons (Fsp3) is 0.881. The molecule has 0 aliphatic heterocycles. The fourth-order valence-electron chi connectivity index (χ4n) is 6.18. The smallest absolute Gasteiger partial charge is 0.303 e. The second kappa shape index (κ2) is 42.2. The highest BCUT2D eigenvalue weighted by atomic mass is 16.5. The summed E-state index contributed by atoms with van der Waals surface area (Å²) in [6, 6.07) is -1.26. The van der Waals surface area contributed by atoms with E-state index in [1.165, 1.54) is 70.6 Å². The maximum absolute atomic E-state index is 12.3. The molecule has 2 atom stereocenters. The molecule has 0 heterocycles. The van der Waals surface area contributed by atoms with E-state index in [0.717, 1.165) is 44.9 Å². The number of unbranched alkanes of at least 4 members (excludes halogenated alkanes) is 17. The lowest BCUT2D eigenvalue weighted by molar-refractivity contribution is -0.137. The molecule has 16 heteroatoms. The summed E-state index contributed by atoms with van der Waals surface area (Å²) in [5.74, 6) is -1.34. The van der Waals surface area contributed by atoms with Gasteiger partial charge < -0.3 is 57.2 Å². The molecule has 10 N–H and O–H groups in total. The van der Waals surface area contributed by atoms with Crippen molar-refractivity contribution in [2.45, 2.75) is 166 Å². The van der Waals surface area contributed by atoms with Crippen LogP contribution >= 0.6 is 0 Å². The van der Waals surface area contributed by atoms with Gasteiger partial charge in [-0.2, -0.15) is 0 Å². The zero-order valence-corrected chi connectivity index (χ0v) is 35.7. The van der Waals surface area contributed by atoms with Gasteiger partial charge in [0.2, 0.25) is 23.6 Å². The molecule has 0 fully saturated rings. The van der Waals surface area contributed by atoms with E-state index >= 15 is 0 Å². The number of ether oxygens (including phenoxy) is 3.